The lowest BCUT2D eigenvalue weighted by molar-refractivity contribution is 0.373. The SMILES string of the molecule is CCCc1nc(CSc2nnc(C)n2CCN)no1. The van der Waals surface area contributed by atoms with Crippen LogP contribution in [0.2, 0.25) is 0 Å². The van der Waals surface area contributed by atoms with Gasteiger partial charge in [0.25, 0.3) is 0 Å². The maximum atomic E-state index is 5.58. The van der Waals surface area contributed by atoms with E-state index in [1.807, 2.05) is 11.5 Å². The van der Waals surface area contributed by atoms with Crippen molar-refractivity contribution >= 4 is 11.8 Å². The Morgan fingerprint density at radius 3 is 2.95 bits per heavy atom. The molecule has 0 aliphatic carbocycles. The Kier molecular flexibility index (Phi) is 4.92. The van der Waals surface area contributed by atoms with Crippen molar-refractivity contribution in [3.8, 4) is 0 Å². The molecule has 2 N–H and O–H groups in total. The molecule has 0 amide bonds. The molecule has 2 rings (SSSR count). The number of nitrogens with two attached hydrogens (primary N) is 1. The van der Waals surface area contributed by atoms with E-state index in [9.17, 15) is 0 Å². The molecular formula is C11H18N6OS. The van der Waals surface area contributed by atoms with Crippen LogP contribution >= 0.6 is 11.8 Å². The predicted molar refractivity (Wildman–Crippen MR) is 71.7 cm³/mol. The summed E-state index contributed by atoms with van der Waals surface area (Å²) in [5.74, 6) is 2.87. The van der Waals surface area contributed by atoms with E-state index < -0.39 is 0 Å². The highest BCUT2D eigenvalue weighted by Crippen LogP contribution is 2.20. The van der Waals surface area contributed by atoms with Crippen molar-refractivity contribution in [3.63, 3.8) is 0 Å². The van der Waals surface area contributed by atoms with Crippen LogP contribution in [0.5, 0.6) is 0 Å². The summed E-state index contributed by atoms with van der Waals surface area (Å²) in [7, 11) is 0. The molecule has 0 aromatic carbocycles. The van der Waals surface area contributed by atoms with Crippen molar-refractivity contribution in [2.45, 2.75) is 44.1 Å². The highest BCUT2D eigenvalue weighted by Gasteiger charge is 2.11. The van der Waals surface area contributed by atoms with E-state index in [0.29, 0.717) is 30.6 Å². The third-order valence-electron chi connectivity index (χ3n) is 2.56. The van der Waals surface area contributed by atoms with Gasteiger partial charge in [0.1, 0.15) is 5.82 Å². The van der Waals surface area contributed by atoms with Crippen molar-refractivity contribution < 1.29 is 4.52 Å². The first-order valence-corrected chi connectivity index (χ1v) is 7.27. The lowest BCUT2D eigenvalue weighted by Gasteiger charge is -2.04. The zero-order chi connectivity index (χ0) is 13.7. The average molecular weight is 282 g/mol. The fraction of sp³-hybridized carbons (Fsp3) is 0.636. The molecule has 2 heterocycles. The van der Waals surface area contributed by atoms with E-state index in [-0.39, 0.29) is 0 Å². The van der Waals surface area contributed by atoms with Crippen LogP contribution < -0.4 is 5.73 Å². The fourth-order valence-corrected chi connectivity index (χ4v) is 2.50. The standard InChI is InChI=1S/C11H18N6OS/c1-3-4-10-13-9(16-18-10)7-19-11-15-14-8(2)17(11)6-5-12/h3-7,12H2,1-2H3. The lowest BCUT2D eigenvalue weighted by Crippen LogP contribution is -2.12. The number of aryl methyl sites for hydroxylation is 2. The summed E-state index contributed by atoms with van der Waals surface area (Å²) in [5.41, 5.74) is 5.58. The third-order valence-corrected chi connectivity index (χ3v) is 3.52. The van der Waals surface area contributed by atoms with Crippen molar-refractivity contribution in [2.75, 3.05) is 6.54 Å². The summed E-state index contributed by atoms with van der Waals surface area (Å²) in [6.45, 7) is 5.28. The molecule has 8 heteroatoms. The first-order chi connectivity index (χ1) is 9.24. The van der Waals surface area contributed by atoms with Gasteiger partial charge in [0.2, 0.25) is 5.89 Å². The van der Waals surface area contributed by atoms with Crippen molar-refractivity contribution in [1.82, 2.24) is 24.9 Å². The number of thioether (sulfide) groups is 1. The summed E-state index contributed by atoms with van der Waals surface area (Å²) in [6, 6.07) is 0. The molecule has 0 unspecified atom stereocenters. The summed E-state index contributed by atoms with van der Waals surface area (Å²) >= 11 is 1.54. The van der Waals surface area contributed by atoms with E-state index in [0.717, 1.165) is 23.8 Å². The van der Waals surface area contributed by atoms with Crippen LogP contribution in [0.3, 0.4) is 0 Å². The summed E-state index contributed by atoms with van der Waals surface area (Å²) in [5, 5.41) is 13.0. The van der Waals surface area contributed by atoms with Crippen LogP contribution in [0.1, 0.15) is 30.9 Å². The number of hydrogen-bond acceptors (Lipinski definition) is 7. The van der Waals surface area contributed by atoms with E-state index in [1.54, 1.807) is 11.8 Å². The quantitative estimate of drug-likeness (QED) is 0.761. The van der Waals surface area contributed by atoms with Gasteiger partial charge in [-0.3, -0.25) is 0 Å². The minimum Gasteiger partial charge on any atom is -0.339 e. The molecular weight excluding hydrogens is 264 g/mol. The second kappa shape index (κ2) is 6.67. The smallest absolute Gasteiger partial charge is 0.226 e. The molecule has 0 aliphatic rings. The highest BCUT2D eigenvalue weighted by molar-refractivity contribution is 7.98. The molecule has 0 saturated heterocycles. The highest BCUT2D eigenvalue weighted by atomic mass is 32.2. The monoisotopic (exact) mass is 282 g/mol. The van der Waals surface area contributed by atoms with Gasteiger partial charge in [0, 0.05) is 19.5 Å². The summed E-state index contributed by atoms with van der Waals surface area (Å²) in [4.78, 5) is 4.32. The molecule has 0 bridgehead atoms. The molecule has 0 radical (unpaired) electrons. The Hall–Kier alpha value is -1.41. The molecule has 0 aliphatic heterocycles. The van der Waals surface area contributed by atoms with E-state index in [1.165, 1.54) is 0 Å². The summed E-state index contributed by atoms with van der Waals surface area (Å²) < 4.78 is 7.14. The normalized spacial score (nSPS) is 11.1. The second-order valence-electron chi connectivity index (χ2n) is 4.11. The molecule has 0 fully saturated rings. The molecule has 0 saturated carbocycles. The Morgan fingerprint density at radius 1 is 1.37 bits per heavy atom. The molecule has 2 aromatic rings. The van der Waals surface area contributed by atoms with Gasteiger partial charge < -0.3 is 14.8 Å². The number of aromatic nitrogens is 5. The van der Waals surface area contributed by atoms with Gasteiger partial charge in [-0.25, -0.2) is 0 Å². The van der Waals surface area contributed by atoms with Crippen molar-refractivity contribution in [3.05, 3.63) is 17.5 Å². The van der Waals surface area contributed by atoms with Gasteiger partial charge in [-0.2, -0.15) is 4.98 Å². The molecule has 2 aromatic heterocycles. The Morgan fingerprint density at radius 2 is 2.21 bits per heavy atom. The molecule has 0 atom stereocenters. The van der Waals surface area contributed by atoms with Gasteiger partial charge >= 0.3 is 0 Å². The summed E-state index contributed by atoms with van der Waals surface area (Å²) in [6.07, 6.45) is 1.82. The van der Waals surface area contributed by atoms with Crippen LogP contribution in [0.25, 0.3) is 0 Å². The minimum atomic E-state index is 0.565. The maximum absolute atomic E-state index is 5.58. The zero-order valence-corrected chi connectivity index (χ0v) is 12.0. The average Bonchev–Trinajstić information content (AvgIpc) is 2.97. The largest absolute Gasteiger partial charge is 0.339 e. The number of hydrogen-bond donors (Lipinski definition) is 1. The zero-order valence-electron chi connectivity index (χ0n) is 11.2. The first kappa shape index (κ1) is 14.0. The van der Waals surface area contributed by atoms with Gasteiger partial charge in [-0.05, 0) is 13.3 Å². The molecule has 19 heavy (non-hydrogen) atoms. The molecule has 0 spiro atoms. The Bertz CT molecular complexity index is 523. The van der Waals surface area contributed by atoms with Gasteiger partial charge in [-0.1, -0.05) is 23.8 Å². The second-order valence-corrected chi connectivity index (χ2v) is 5.06. The number of rotatable bonds is 7. The topological polar surface area (TPSA) is 95.7 Å². The van der Waals surface area contributed by atoms with Crippen LogP contribution in [-0.2, 0) is 18.7 Å². The third kappa shape index (κ3) is 3.54. The number of nitrogens with zero attached hydrogens (tertiary/aromatic N) is 5. The minimum absolute atomic E-state index is 0.565. The fourth-order valence-electron chi connectivity index (χ4n) is 1.65. The van der Waals surface area contributed by atoms with Gasteiger partial charge in [0.15, 0.2) is 11.0 Å². The van der Waals surface area contributed by atoms with Crippen LogP contribution in [0.15, 0.2) is 9.68 Å². The Labute approximate surface area is 116 Å². The van der Waals surface area contributed by atoms with Crippen LogP contribution in [0.4, 0.5) is 0 Å². The van der Waals surface area contributed by atoms with Crippen LogP contribution in [-0.4, -0.2) is 31.4 Å². The maximum Gasteiger partial charge on any atom is 0.226 e. The van der Waals surface area contributed by atoms with Crippen molar-refractivity contribution in [1.29, 1.82) is 0 Å². The van der Waals surface area contributed by atoms with E-state index in [4.69, 9.17) is 10.3 Å². The van der Waals surface area contributed by atoms with E-state index in [2.05, 4.69) is 27.3 Å². The van der Waals surface area contributed by atoms with Crippen LogP contribution in [0, 0.1) is 6.92 Å². The predicted octanol–water partition coefficient (Wildman–Crippen LogP) is 1.17. The van der Waals surface area contributed by atoms with E-state index >= 15 is 0 Å². The first-order valence-electron chi connectivity index (χ1n) is 6.28. The lowest BCUT2D eigenvalue weighted by atomic mass is 10.3. The Balaban J connectivity index is 1.97. The van der Waals surface area contributed by atoms with Gasteiger partial charge in [0.05, 0.1) is 5.75 Å². The molecule has 7 nitrogen and oxygen atoms in total. The molecule has 104 valence electrons. The van der Waals surface area contributed by atoms with Crippen molar-refractivity contribution in [2.24, 2.45) is 5.73 Å². The van der Waals surface area contributed by atoms with Gasteiger partial charge in [-0.15, -0.1) is 10.2 Å².